The fraction of sp³-hybridized carbons (Fsp3) is 0.550. The van der Waals surface area contributed by atoms with Crippen LogP contribution in [0.1, 0.15) is 55.7 Å². The van der Waals surface area contributed by atoms with E-state index in [9.17, 15) is 19.5 Å². The van der Waals surface area contributed by atoms with Gasteiger partial charge in [0, 0.05) is 6.42 Å². The maximum atomic E-state index is 12.7. The van der Waals surface area contributed by atoms with Crippen LogP contribution in [0.15, 0.2) is 12.1 Å². The van der Waals surface area contributed by atoms with Crippen LogP contribution in [0.5, 0.6) is 0 Å². The molecule has 0 atom stereocenters. The standard InChI is InChI=1S/C20H29NO4S/c1-5-6-7-8-9-19(25)26-13-17(22)21(12-18(23)24)20-15(3)11-10-14(2)16(20)4/h10-11H,5-9,12-13H2,1-4H3,(H,23,24). The molecule has 1 aromatic rings. The molecule has 26 heavy (non-hydrogen) atoms. The summed E-state index contributed by atoms with van der Waals surface area (Å²) in [7, 11) is 0. The lowest BCUT2D eigenvalue weighted by molar-refractivity contribution is -0.136. The Balaban J connectivity index is 2.81. The molecule has 0 saturated carbocycles. The maximum Gasteiger partial charge on any atom is 0.323 e. The molecule has 0 heterocycles. The second kappa shape index (κ2) is 11.0. The van der Waals surface area contributed by atoms with Gasteiger partial charge in [-0.05, 0) is 43.9 Å². The summed E-state index contributed by atoms with van der Waals surface area (Å²) in [6.07, 6.45) is 4.53. The Kier molecular flexibility index (Phi) is 9.41. The number of aliphatic carboxylic acids is 1. The number of carbonyl (C=O) groups is 3. The molecule has 144 valence electrons. The van der Waals surface area contributed by atoms with Crippen molar-refractivity contribution >= 4 is 34.4 Å². The number of carbonyl (C=O) groups excluding carboxylic acids is 2. The van der Waals surface area contributed by atoms with E-state index in [4.69, 9.17) is 0 Å². The first-order valence-corrected chi connectivity index (χ1v) is 10.0. The Bertz CT molecular complexity index is 657. The second-order valence-electron chi connectivity index (χ2n) is 6.52. The molecule has 1 amide bonds. The van der Waals surface area contributed by atoms with Crippen molar-refractivity contribution in [1.82, 2.24) is 0 Å². The normalized spacial score (nSPS) is 10.6. The van der Waals surface area contributed by atoms with E-state index in [0.717, 1.165) is 54.1 Å². The van der Waals surface area contributed by atoms with Crippen LogP contribution in [0.2, 0.25) is 0 Å². The SMILES string of the molecule is CCCCCCC(=O)SCC(=O)N(CC(=O)O)c1c(C)ccc(C)c1C. The molecule has 0 aliphatic rings. The molecule has 0 aliphatic carbocycles. The van der Waals surface area contributed by atoms with E-state index < -0.39 is 12.5 Å². The molecule has 5 nitrogen and oxygen atoms in total. The summed E-state index contributed by atoms with van der Waals surface area (Å²) >= 11 is 0.986. The number of hydrogen-bond acceptors (Lipinski definition) is 4. The van der Waals surface area contributed by atoms with Crippen molar-refractivity contribution in [2.75, 3.05) is 17.2 Å². The third kappa shape index (κ3) is 6.83. The van der Waals surface area contributed by atoms with Crippen molar-refractivity contribution in [2.24, 2.45) is 0 Å². The van der Waals surface area contributed by atoms with E-state index in [1.807, 2.05) is 32.9 Å². The summed E-state index contributed by atoms with van der Waals surface area (Å²) < 4.78 is 0. The van der Waals surface area contributed by atoms with E-state index in [1.165, 1.54) is 4.90 Å². The lowest BCUT2D eigenvalue weighted by Gasteiger charge is -2.25. The number of anilines is 1. The minimum absolute atomic E-state index is 0.0117. The molecule has 0 aromatic heterocycles. The molecule has 1 rings (SSSR count). The van der Waals surface area contributed by atoms with E-state index in [2.05, 4.69) is 6.92 Å². The number of rotatable bonds is 10. The zero-order valence-corrected chi connectivity index (χ0v) is 16.9. The zero-order chi connectivity index (χ0) is 19.7. The zero-order valence-electron chi connectivity index (χ0n) is 16.1. The van der Waals surface area contributed by atoms with E-state index >= 15 is 0 Å². The van der Waals surface area contributed by atoms with Gasteiger partial charge in [-0.15, -0.1) is 0 Å². The number of benzene rings is 1. The highest BCUT2D eigenvalue weighted by molar-refractivity contribution is 8.14. The van der Waals surface area contributed by atoms with Crippen LogP contribution < -0.4 is 4.90 Å². The largest absolute Gasteiger partial charge is 0.480 e. The van der Waals surface area contributed by atoms with Gasteiger partial charge in [0.05, 0.1) is 11.4 Å². The van der Waals surface area contributed by atoms with Gasteiger partial charge in [0.1, 0.15) is 6.54 Å². The Morgan fingerprint density at radius 2 is 1.69 bits per heavy atom. The second-order valence-corrected chi connectivity index (χ2v) is 7.55. The molecule has 0 unspecified atom stereocenters. The summed E-state index contributed by atoms with van der Waals surface area (Å²) in [5.74, 6) is -1.46. The van der Waals surface area contributed by atoms with Gasteiger partial charge >= 0.3 is 5.97 Å². The third-order valence-corrected chi connectivity index (χ3v) is 5.28. The first-order chi connectivity index (χ1) is 12.3. The fourth-order valence-electron chi connectivity index (χ4n) is 2.77. The van der Waals surface area contributed by atoms with Crippen LogP contribution in [-0.2, 0) is 14.4 Å². The molecule has 0 fully saturated rings. The summed E-state index contributed by atoms with van der Waals surface area (Å²) in [6, 6.07) is 3.83. The molecule has 0 saturated heterocycles. The van der Waals surface area contributed by atoms with Crippen molar-refractivity contribution in [2.45, 2.75) is 59.8 Å². The maximum absolute atomic E-state index is 12.7. The van der Waals surface area contributed by atoms with Crippen LogP contribution in [0.4, 0.5) is 5.69 Å². The molecular weight excluding hydrogens is 350 g/mol. The van der Waals surface area contributed by atoms with E-state index in [-0.39, 0.29) is 16.8 Å². The smallest absolute Gasteiger partial charge is 0.323 e. The first kappa shape index (κ1) is 22.2. The Hall–Kier alpha value is -1.82. The number of hydrogen-bond donors (Lipinski definition) is 1. The summed E-state index contributed by atoms with van der Waals surface area (Å²) in [6.45, 7) is 7.37. The van der Waals surface area contributed by atoms with Crippen LogP contribution in [0.25, 0.3) is 0 Å². The predicted octanol–water partition coefficient (Wildman–Crippen LogP) is 4.26. The molecular formula is C20H29NO4S. The summed E-state index contributed by atoms with van der Waals surface area (Å²) in [4.78, 5) is 37.2. The van der Waals surface area contributed by atoms with E-state index in [1.54, 1.807) is 0 Å². The lowest BCUT2D eigenvalue weighted by Crippen LogP contribution is -2.38. The number of carboxylic acids is 1. The highest BCUT2D eigenvalue weighted by Gasteiger charge is 2.23. The predicted molar refractivity (Wildman–Crippen MR) is 107 cm³/mol. The lowest BCUT2D eigenvalue weighted by atomic mass is 10.0. The topological polar surface area (TPSA) is 74.7 Å². The van der Waals surface area contributed by atoms with Crippen molar-refractivity contribution in [3.63, 3.8) is 0 Å². The van der Waals surface area contributed by atoms with Gasteiger partial charge in [-0.1, -0.05) is 50.1 Å². The highest BCUT2D eigenvalue weighted by Crippen LogP contribution is 2.28. The van der Waals surface area contributed by atoms with Crippen LogP contribution in [0, 0.1) is 20.8 Å². The van der Waals surface area contributed by atoms with Crippen LogP contribution >= 0.6 is 11.8 Å². The third-order valence-electron chi connectivity index (χ3n) is 4.36. The molecule has 0 radical (unpaired) electrons. The quantitative estimate of drug-likeness (QED) is 0.615. The van der Waals surface area contributed by atoms with E-state index in [0.29, 0.717) is 12.1 Å². The highest BCUT2D eigenvalue weighted by atomic mass is 32.2. The van der Waals surface area contributed by atoms with Gasteiger partial charge in [0.25, 0.3) is 0 Å². The minimum atomic E-state index is -1.07. The number of amides is 1. The monoisotopic (exact) mass is 379 g/mol. The molecule has 0 spiro atoms. The van der Waals surface area contributed by atoms with Gasteiger partial charge in [0.15, 0.2) is 5.12 Å². The number of thioether (sulfide) groups is 1. The molecule has 1 aromatic carbocycles. The van der Waals surface area contributed by atoms with Gasteiger partial charge in [0.2, 0.25) is 5.91 Å². The van der Waals surface area contributed by atoms with Crippen LogP contribution in [-0.4, -0.2) is 34.4 Å². The number of carboxylic acid groups (broad SMARTS) is 1. The van der Waals surface area contributed by atoms with Crippen molar-refractivity contribution in [3.8, 4) is 0 Å². The van der Waals surface area contributed by atoms with Crippen molar-refractivity contribution in [1.29, 1.82) is 0 Å². The van der Waals surface area contributed by atoms with Crippen molar-refractivity contribution < 1.29 is 19.5 Å². The molecule has 0 aliphatic heterocycles. The van der Waals surface area contributed by atoms with Gasteiger partial charge in [-0.25, -0.2) is 0 Å². The van der Waals surface area contributed by atoms with Crippen molar-refractivity contribution in [3.05, 3.63) is 28.8 Å². The Morgan fingerprint density at radius 1 is 1.04 bits per heavy atom. The molecule has 6 heteroatoms. The summed E-state index contributed by atoms with van der Waals surface area (Å²) in [5.41, 5.74) is 3.36. The Morgan fingerprint density at radius 3 is 2.31 bits per heavy atom. The number of aryl methyl sites for hydroxylation is 2. The Labute approximate surface area is 160 Å². The van der Waals surface area contributed by atoms with Gasteiger partial charge < -0.3 is 5.11 Å². The minimum Gasteiger partial charge on any atom is -0.480 e. The van der Waals surface area contributed by atoms with Gasteiger partial charge in [-0.3, -0.25) is 19.3 Å². The number of nitrogens with zero attached hydrogens (tertiary/aromatic N) is 1. The summed E-state index contributed by atoms with van der Waals surface area (Å²) in [5, 5.41) is 9.21. The fourth-order valence-corrected chi connectivity index (χ4v) is 3.50. The molecule has 1 N–H and O–H groups in total. The average molecular weight is 380 g/mol. The first-order valence-electron chi connectivity index (χ1n) is 9.02. The van der Waals surface area contributed by atoms with Gasteiger partial charge in [-0.2, -0.15) is 0 Å². The molecule has 0 bridgehead atoms. The number of unbranched alkanes of at least 4 members (excludes halogenated alkanes) is 3. The van der Waals surface area contributed by atoms with Crippen LogP contribution in [0.3, 0.4) is 0 Å². The average Bonchev–Trinajstić information content (AvgIpc) is 2.59.